The number of ether oxygens (including phenoxy) is 1. The first-order chi connectivity index (χ1) is 8.70. The fraction of sp³-hybridized carbons (Fsp3) is 0.929. The first-order valence-corrected chi connectivity index (χ1v) is 7.19. The van der Waals surface area contributed by atoms with Crippen LogP contribution in [0.3, 0.4) is 0 Å². The molecule has 0 aliphatic heterocycles. The van der Waals surface area contributed by atoms with Gasteiger partial charge in [0, 0.05) is 19.7 Å². The number of carbonyl (C=O) groups is 1. The van der Waals surface area contributed by atoms with Crippen LogP contribution in [0.25, 0.3) is 0 Å². The van der Waals surface area contributed by atoms with E-state index in [1.807, 2.05) is 0 Å². The lowest BCUT2D eigenvalue weighted by atomic mass is 9.84. The molecule has 0 radical (unpaired) electrons. The maximum atomic E-state index is 11.8. The van der Waals surface area contributed by atoms with Crippen LogP contribution in [0.2, 0.25) is 0 Å². The predicted octanol–water partition coefficient (Wildman–Crippen LogP) is 1.16. The summed E-state index contributed by atoms with van der Waals surface area (Å²) in [4.78, 5) is 11.8. The van der Waals surface area contributed by atoms with Gasteiger partial charge in [0.05, 0.1) is 13.2 Å². The lowest BCUT2D eigenvalue weighted by Crippen LogP contribution is -2.44. The minimum atomic E-state index is 0.112. The maximum absolute atomic E-state index is 11.8. The van der Waals surface area contributed by atoms with Gasteiger partial charge >= 0.3 is 0 Å². The highest BCUT2D eigenvalue weighted by atomic mass is 16.5. The van der Waals surface area contributed by atoms with E-state index >= 15 is 0 Å². The standard InChI is InChI=1S/C14H26N2O2/c1-10(13-8-11-3-4-12(13)7-11)16-14(17)9-15-5-6-18-2/h10-13,15H,3-9H2,1-2H3,(H,16,17)/t10-,11+,12+,13-/m0/s1. The van der Waals surface area contributed by atoms with Gasteiger partial charge < -0.3 is 15.4 Å². The molecular weight excluding hydrogens is 228 g/mol. The van der Waals surface area contributed by atoms with Crippen LogP contribution in [0.5, 0.6) is 0 Å². The van der Waals surface area contributed by atoms with E-state index < -0.39 is 0 Å². The van der Waals surface area contributed by atoms with Crippen molar-refractivity contribution in [2.24, 2.45) is 17.8 Å². The molecule has 0 heterocycles. The van der Waals surface area contributed by atoms with Crippen LogP contribution in [-0.4, -0.2) is 38.8 Å². The average Bonchev–Trinajstić information content (AvgIpc) is 2.96. The molecular formula is C14H26N2O2. The van der Waals surface area contributed by atoms with Gasteiger partial charge in [-0.25, -0.2) is 0 Å². The fourth-order valence-corrected chi connectivity index (χ4v) is 3.69. The third-order valence-corrected chi connectivity index (χ3v) is 4.59. The molecule has 4 heteroatoms. The Labute approximate surface area is 110 Å². The lowest BCUT2D eigenvalue weighted by molar-refractivity contribution is -0.121. The third-order valence-electron chi connectivity index (χ3n) is 4.59. The summed E-state index contributed by atoms with van der Waals surface area (Å²) in [5.41, 5.74) is 0. The van der Waals surface area contributed by atoms with Crippen molar-refractivity contribution >= 4 is 5.91 Å². The summed E-state index contributed by atoms with van der Waals surface area (Å²) in [6.45, 7) is 3.94. The number of methoxy groups -OCH3 is 1. The van der Waals surface area contributed by atoms with E-state index in [0.29, 0.717) is 25.1 Å². The minimum Gasteiger partial charge on any atom is -0.383 e. The zero-order chi connectivity index (χ0) is 13.0. The molecule has 0 aromatic rings. The Hall–Kier alpha value is -0.610. The molecule has 0 spiro atoms. The summed E-state index contributed by atoms with van der Waals surface area (Å²) < 4.78 is 4.93. The summed E-state index contributed by atoms with van der Waals surface area (Å²) in [5.74, 6) is 2.64. The molecule has 2 rings (SSSR count). The van der Waals surface area contributed by atoms with E-state index in [2.05, 4.69) is 17.6 Å². The van der Waals surface area contributed by atoms with Gasteiger partial charge in [0.2, 0.25) is 5.91 Å². The SMILES string of the molecule is COCCNCC(=O)N[C@@H](C)[C@@H]1C[C@@H]2CC[C@@H]1C2. The monoisotopic (exact) mass is 254 g/mol. The molecule has 1 amide bonds. The Morgan fingerprint density at radius 3 is 2.83 bits per heavy atom. The van der Waals surface area contributed by atoms with Gasteiger partial charge in [-0.05, 0) is 43.9 Å². The normalized spacial score (nSPS) is 31.6. The van der Waals surface area contributed by atoms with Gasteiger partial charge in [-0.1, -0.05) is 6.42 Å². The van der Waals surface area contributed by atoms with E-state index in [1.54, 1.807) is 7.11 Å². The van der Waals surface area contributed by atoms with Crippen molar-refractivity contribution in [3.63, 3.8) is 0 Å². The van der Waals surface area contributed by atoms with Crippen LogP contribution in [0.15, 0.2) is 0 Å². The number of fused-ring (bicyclic) bond motifs is 2. The van der Waals surface area contributed by atoms with Crippen LogP contribution in [0, 0.1) is 17.8 Å². The second kappa shape index (κ2) is 6.53. The molecule has 104 valence electrons. The number of rotatable bonds is 7. The molecule has 0 aromatic heterocycles. The smallest absolute Gasteiger partial charge is 0.234 e. The summed E-state index contributed by atoms with van der Waals surface area (Å²) in [5, 5.41) is 6.22. The molecule has 2 aliphatic carbocycles. The van der Waals surface area contributed by atoms with Gasteiger partial charge in [0.1, 0.15) is 0 Å². The first-order valence-electron chi connectivity index (χ1n) is 7.19. The van der Waals surface area contributed by atoms with Gasteiger partial charge in [0.15, 0.2) is 0 Å². The molecule has 2 aliphatic rings. The van der Waals surface area contributed by atoms with Crippen LogP contribution < -0.4 is 10.6 Å². The Balaban J connectivity index is 1.64. The molecule has 2 bridgehead atoms. The lowest BCUT2D eigenvalue weighted by Gasteiger charge is -2.28. The van der Waals surface area contributed by atoms with Crippen LogP contribution in [0.1, 0.15) is 32.6 Å². The summed E-state index contributed by atoms with van der Waals surface area (Å²) >= 11 is 0. The van der Waals surface area contributed by atoms with Crippen molar-refractivity contribution < 1.29 is 9.53 Å². The zero-order valence-corrected chi connectivity index (χ0v) is 11.6. The average molecular weight is 254 g/mol. The van der Waals surface area contributed by atoms with Crippen LogP contribution in [0.4, 0.5) is 0 Å². The van der Waals surface area contributed by atoms with Gasteiger partial charge in [-0.15, -0.1) is 0 Å². The minimum absolute atomic E-state index is 0.112. The van der Waals surface area contributed by atoms with Crippen molar-refractivity contribution in [2.45, 2.75) is 38.6 Å². The van der Waals surface area contributed by atoms with Gasteiger partial charge in [0.25, 0.3) is 0 Å². The largest absolute Gasteiger partial charge is 0.383 e. The zero-order valence-electron chi connectivity index (χ0n) is 11.6. The van der Waals surface area contributed by atoms with E-state index in [1.165, 1.54) is 25.7 Å². The van der Waals surface area contributed by atoms with Crippen molar-refractivity contribution in [1.82, 2.24) is 10.6 Å². The molecule has 4 nitrogen and oxygen atoms in total. The highest BCUT2D eigenvalue weighted by molar-refractivity contribution is 5.78. The number of carbonyl (C=O) groups excluding carboxylic acids is 1. The Morgan fingerprint density at radius 2 is 2.22 bits per heavy atom. The quantitative estimate of drug-likeness (QED) is 0.670. The van der Waals surface area contributed by atoms with Crippen molar-refractivity contribution in [2.75, 3.05) is 26.8 Å². The first kappa shape index (κ1) is 13.8. The number of amides is 1. The highest BCUT2D eigenvalue weighted by Gasteiger charge is 2.41. The molecule has 4 atom stereocenters. The van der Waals surface area contributed by atoms with E-state index in [4.69, 9.17) is 4.74 Å². The number of hydrogen-bond acceptors (Lipinski definition) is 3. The second-order valence-electron chi connectivity index (χ2n) is 5.86. The number of nitrogens with one attached hydrogen (secondary N) is 2. The summed E-state index contributed by atoms with van der Waals surface area (Å²) in [6, 6.07) is 0.331. The molecule has 0 unspecified atom stereocenters. The molecule has 0 aromatic carbocycles. The van der Waals surface area contributed by atoms with E-state index in [9.17, 15) is 4.79 Å². The summed E-state index contributed by atoms with van der Waals surface area (Å²) in [7, 11) is 1.67. The van der Waals surface area contributed by atoms with Gasteiger partial charge in [-0.3, -0.25) is 4.79 Å². The molecule has 0 saturated heterocycles. The summed E-state index contributed by atoms with van der Waals surface area (Å²) in [6.07, 6.45) is 5.52. The molecule has 18 heavy (non-hydrogen) atoms. The third kappa shape index (κ3) is 3.45. The van der Waals surface area contributed by atoms with Crippen molar-refractivity contribution in [3.05, 3.63) is 0 Å². The molecule has 2 N–H and O–H groups in total. The van der Waals surface area contributed by atoms with Crippen molar-refractivity contribution in [1.29, 1.82) is 0 Å². The second-order valence-corrected chi connectivity index (χ2v) is 5.86. The van der Waals surface area contributed by atoms with E-state index in [-0.39, 0.29) is 5.91 Å². The van der Waals surface area contributed by atoms with Crippen LogP contribution >= 0.6 is 0 Å². The van der Waals surface area contributed by atoms with Crippen molar-refractivity contribution in [3.8, 4) is 0 Å². The van der Waals surface area contributed by atoms with E-state index in [0.717, 1.165) is 18.4 Å². The van der Waals surface area contributed by atoms with Gasteiger partial charge in [-0.2, -0.15) is 0 Å². The topological polar surface area (TPSA) is 50.4 Å². The Morgan fingerprint density at radius 1 is 1.39 bits per heavy atom. The predicted molar refractivity (Wildman–Crippen MR) is 71.3 cm³/mol. The van der Waals surface area contributed by atoms with Crippen LogP contribution in [-0.2, 0) is 9.53 Å². The fourth-order valence-electron chi connectivity index (χ4n) is 3.69. The molecule has 2 saturated carbocycles. The Kier molecular flexibility index (Phi) is 5.01. The maximum Gasteiger partial charge on any atom is 0.234 e. The highest BCUT2D eigenvalue weighted by Crippen LogP contribution is 2.49. The Bertz CT molecular complexity index is 283. The molecule has 2 fully saturated rings. The number of hydrogen-bond donors (Lipinski definition) is 2.